The molecule has 0 aliphatic carbocycles. The molecule has 0 radical (unpaired) electrons. The van der Waals surface area contributed by atoms with Gasteiger partial charge in [0, 0.05) is 26.2 Å². The van der Waals surface area contributed by atoms with Crippen LogP contribution in [0.4, 0.5) is 0 Å². The van der Waals surface area contributed by atoms with Crippen molar-refractivity contribution in [2.24, 2.45) is 0 Å². The van der Waals surface area contributed by atoms with Crippen LogP contribution in [-0.2, 0) is 0 Å². The van der Waals surface area contributed by atoms with E-state index in [0.29, 0.717) is 0 Å². The molecule has 0 aromatic rings. The number of hydrazine groups is 1. The zero-order valence-corrected chi connectivity index (χ0v) is 8.10. The first kappa shape index (κ1) is 9.96. The summed E-state index contributed by atoms with van der Waals surface area (Å²) in [5.41, 5.74) is 3.43. The van der Waals surface area contributed by atoms with E-state index in [4.69, 9.17) is 0 Å². The number of hydrogen-bond donors (Lipinski definition) is 2. The average molecular weight is 171 g/mol. The maximum absolute atomic E-state index is 3.43. The number of nitrogens with zero attached hydrogens (tertiary/aromatic N) is 1. The molecule has 0 aromatic carbocycles. The van der Waals surface area contributed by atoms with Crippen LogP contribution in [0.25, 0.3) is 0 Å². The highest BCUT2D eigenvalue weighted by molar-refractivity contribution is 4.60. The molecule has 1 rings (SSSR count). The molecule has 1 fully saturated rings. The Morgan fingerprint density at radius 3 is 2.50 bits per heavy atom. The van der Waals surface area contributed by atoms with Crippen molar-refractivity contribution in [2.45, 2.75) is 26.2 Å². The molecule has 0 atom stereocenters. The van der Waals surface area contributed by atoms with E-state index in [0.717, 1.165) is 19.6 Å². The van der Waals surface area contributed by atoms with Crippen LogP contribution in [0, 0.1) is 0 Å². The van der Waals surface area contributed by atoms with Crippen molar-refractivity contribution in [2.75, 3.05) is 32.7 Å². The highest BCUT2D eigenvalue weighted by atomic mass is 15.5. The second kappa shape index (κ2) is 6.40. The summed E-state index contributed by atoms with van der Waals surface area (Å²) in [5.74, 6) is 0. The largest absolute Gasteiger partial charge is 0.316 e. The summed E-state index contributed by atoms with van der Waals surface area (Å²) in [6, 6.07) is 0. The topological polar surface area (TPSA) is 27.3 Å². The van der Waals surface area contributed by atoms with Gasteiger partial charge in [0.25, 0.3) is 0 Å². The molecule has 1 heterocycles. The molecule has 0 spiro atoms. The molecule has 0 amide bonds. The summed E-state index contributed by atoms with van der Waals surface area (Å²) < 4.78 is 0. The van der Waals surface area contributed by atoms with E-state index >= 15 is 0 Å². The Morgan fingerprint density at radius 1 is 1.08 bits per heavy atom. The van der Waals surface area contributed by atoms with Crippen molar-refractivity contribution in [3.63, 3.8) is 0 Å². The number of nitrogens with one attached hydrogen (secondary N) is 2. The summed E-state index contributed by atoms with van der Waals surface area (Å²) >= 11 is 0. The van der Waals surface area contributed by atoms with Gasteiger partial charge < -0.3 is 5.32 Å². The second-order valence-electron chi connectivity index (χ2n) is 3.31. The highest BCUT2D eigenvalue weighted by Crippen LogP contribution is 2.04. The van der Waals surface area contributed by atoms with Gasteiger partial charge in [0.15, 0.2) is 0 Å². The van der Waals surface area contributed by atoms with Gasteiger partial charge in [0.1, 0.15) is 0 Å². The van der Waals surface area contributed by atoms with Gasteiger partial charge in [-0.1, -0.05) is 13.3 Å². The quantitative estimate of drug-likeness (QED) is 0.593. The van der Waals surface area contributed by atoms with Crippen LogP contribution in [0.1, 0.15) is 26.2 Å². The van der Waals surface area contributed by atoms with Crippen molar-refractivity contribution >= 4 is 0 Å². The molecule has 1 aliphatic rings. The van der Waals surface area contributed by atoms with E-state index in [-0.39, 0.29) is 0 Å². The third-order valence-electron chi connectivity index (χ3n) is 2.24. The third-order valence-corrected chi connectivity index (χ3v) is 2.24. The lowest BCUT2D eigenvalue weighted by atomic mass is 10.2. The molecule has 2 N–H and O–H groups in total. The van der Waals surface area contributed by atoms with Gasteiger partial charge in [-0.15, -0.1) is 0 Å². The Kier molecular flexibility index (Phi) is 5.32. The Hall–Kier alpha value is -0.120. The molecule has 1 aliphatic heterocycles. The number of piperidine rings is 1. The Bertz CT molecular complexity index is 99.9. The molecule has 0 bridgehead atoms. The normalized spacial score (nSPS) is 19.8. The standard InChI is InChI=1S/C9H21N3/c1-2-10-6-7-11-12-8-4-3-5-9-12/h10-11H,2-9H2,1H3. The summed E-state index contributed by atoms with van der Waals surface area (Å²) in [7, 11) is 0. The van der Waals surface area contributed by atoms with Gasteiger partial charge >= 0.3 is 0 Å². The maximum atomic E-state index is 3.43. The first-order valence-corrected chi connectivity index (χ1v) is 5.12. The van der Waals surface area contributed by atoms with Gasteiger partial charge in [0.05, 0.1) is 0 Å². The van der Waals surface area contributed by atoms with Crippen molar-refractivity contribution in [1.82, 2.24) is 15.8 Å². The predicted molar refractivity (Wildman–Crippen MR) is 52.0 cm³/mol. The predicted octanol–water partition coefficient (Wildman–Crippen LogP) is 0.586. The highest BCUT2D eigenvalue weighted by Gasteiger charge is 2.07. The fourth-order valence-electron chi connectivity index (χ4n) is 1.53. The lowest BCUT2D eigenvalue weighted by molar-refractivity contribution is 0.155. The third kappa shape index (κ3) is 4.04. The number of rotatable bonds is 5. The Labute approximate surface area is 75.5 Å². The van der Waals surface area contributed by atoms with E-state index in [2.05, 4.69) is 22.7 Å². The van der Waals surface area contributed by atoms with Crippen molar-refractivity contribution in [3.05, 3.63) is 0 Å². The van der Waals surface area contributed by atoms with Crippen LogP contribution in [0.5, 0.6) is 0 Å². The molecule has 3 nitrogen and oxygen atoms in total. The summed E-state index contributed by atoms with van der Waals surface area (Å²) in [6.45, 7) is 7.81. The minimum Gasteiger partial charge on any atom is -0.316 e. The lowest BCUT2D eigenvalue weighted by Crippen LogP contribution is -2.44. The zero-order valence-electron chi connectivity index (χ0n) is 8.10. The van der Waals surface area contributed by atoms with Crippen molar-refractivity contribution < 1.29 is 0 Å². The van der Waals surface area contributed by atoms with Gasteiger partial charge in [-0.2, -0.15) is 0 Å². The smallest absolute Gasteiger partial charge is 0.0227 e. The molecule has 72 valence electrons. The van der Waals surface area contributed by atoms with Gasteiger partial charge in [0.2, 0.25) is 0 Å². The monoisotopic (exact) mass is 171 g/mol. The van der Waals surface area contributed by atoms with Gasteiger partial charge in [-0.05, 0) is 19.4 Å². The van der Waals surface area contributed by atoms with Crippen LogP contribution in [0.3, 0.4) is 0 Å². The minimum atomic E-state index is 1.06. The van der Waals surface area contributed by atoms with Crippen molar-refractivity contribution in [1.29, 1.82) is 0 Å². The molecule has 0 aromatic heterocycles. The van der Waals surface area contributed by atoms with Gasteiger partial charge in [-0.25, -0.2) is 5.01 Å². The van der Waals surface area contributed by atoms with Crippen LogP contribution in [0.2, 0.25) is 0 Å². The molecule has 3 heteroatoms. The van der Waals surface area contributed by atoms with E-state index < -0.39 is 0 Å². The fourth-order valence-corrected chi connectivity index (χ4v) is 1.53. The fraction of sp³-hybridized carbons (Fsp3) is 1.00. The van der Waals surface area contributed by atoms with E-state index in [1.54, 1.807) is 0 Å². The van der Waals surface area contributed by atoms with Crippen LogP contribution < -0.4 is 10.7 Å². The van der Waals surface area contributed by atoms with Crippen LogP contribution >= 0.6 is 0 Å². The Morgan fingerprint density at radius 2 is 1.83 bits per heavy atom. The van der Waals surface area contributed by atoms with Gasteiger partial charge in [-0.3, -0.25) is 5.43 Å². The van der Waals surface area contributed by atoms with E-state index in [1.807, 2.05) is 0 Å². The second-order valence-corrected chi connectivity index (χ2v) is 3.31. The van der Waals surface area contributed by atoms with Crippen LogP contribution in [-0.4, -0.2) is 37.7 Å². The lowest BCUT2D eigenvalue weighted by Gasteiger charge is -2.27. The molecule has 0 unspecified atom stereocenters. The molecular formula is C9H21N3. The van der Waals surface area contributed by atoms with Crippen molar-refractivity contribution in [3.8, 4) is 0 Å². The molecule has 1 saturated heterocycles. The summed E-state index contributed by atoms with van der Waals surface area (Å²) in [5, 5.41) is 5.65. The molecule has 12 heavy (non-hydrogen) atoms. The van der Waals surface area contributed by atoms with Crippen LogP contribution in [0.15, 0.2) is 0 Å². The first-order chi connectivity index (χ1) is 5.93. The average Bonchev–Trinajstić information content (AvgIpc) is 2.14. The van der Waals surface area contributed by atoms with E-state index in [1.165, 1.54) is 32.4 Å². The molecule has 0 saturated carbocycles. The summed E-state index contributed by atoms with van der Waals surface area (Å²) in [4.78, 5) is 0. The minimum absolute atomic E-state index is 1.06. The van der Waals surface area contributed by atoms with E-state index in [9.17, 15) is 0 Å². The number of likely N-dealkylation sites (N-methyl/N-ethyl adjacent to an activating group) is 1. The maximum Gasteiger partial charge on any atom is 0.0227 e. The SMILES string of the molecule is CCNCCNN1CCCCC1. The zero-order chi connectivity index (χ0) is 8.65. The Balaban J connectivity index is 1.91. The number of hydrogen-bond acceptors (Lipinski definition) is 3. The molecular weight excluding hydrogens is 150 g/mol. The summed E-state index contributed by atoms with van der Waals surface area (Å²) in [6.07, 6.45) is 4.12. The first-order valence-electron chi connectivity index (χ1n) is 5.12.